The van der Waals surface area contributed by atoms with Gasteiger partial charge >= 0.3 is 0 Å². The zero-order valence-electron chi connectivity index (χ0n) is 12.0. The van der Waals surface area contributed by atoms with Crippen molar-refractivity contribution in [3.63, 3.8) is 0 Å². The number of nitrogens with zero attached hydrogens (tertiary/aromatic N) is 3. The fourth-order valence-electron chi connectivity index (χ4n) is 2.33. The average molecular weight is 341 g/mol. The van der Waals surface area contributed by atoms with Crippen molar-refractivity contribution in [2.75, 3.05) is 37.6 Å². The van der Waals surface area contributed by atoms with Gasteiger partial charge in [0.05, 0.1) is 4.92 Å². The summed E-state index contributed by atoms with van der Waals surface area (Å²) in [7, 11) is 0. The number of thiocarbonyl (C=S) groups is 1. The van der Waals surface area contributed by atoms with Crippen molar-refractivity contribution in [3.8, 4) is 0 Å². The van der Waals surface area contributed by atoms with Gasteiger partial charge in [0.25, 0.3) is 5.69 Å². The van der Waals surface area contributed by atoms with E-state index in [-0.39, 0.29) is 5.69 Å². The van der Waals surface area contributed by atoms with Crippen molar-refractivity contribution >= 4 is 40.3 Å². The maximum absolute atomic E-state index is 11.2. The highest BCUT2D eigenvalue weighted by molar-refractivity contribution is 7.80. The molecule has 1 aromatic rings. The zero-order valence-corrected chi connectivity index (χ0v) is 13.6. The lowest BCUT2D eigenvalue weighted by atomic mass is 10.2. The molecule has 0 aliphatic carbocycles. The molecule has 0 aromatic heterocycles. The Hall–Kier alpha value is -1.86. The molecule has 1 aliphatic rings. The minimum Gasteiger partial charge on any atom is -0.362 e. The van der Waals surface area contributed by atoms with E-state index in [0.717, 1.165) is 0 Å². The van der Waals surface area contributed by atoms with Gasteiger partial charge in [-0.2, -0.15) is 0 Å². The van der Waals surface area contributed by atoms with Crippen LogP contribution < -0.4 is 10.2 Å². The van der Waals surface area contributed by atoms with Gasteiger partial charge in [0.2, 0.25) is 0 Å². The molecule has 0 unspecified atom stereocenters. The van der Waals surface area contributed by atoms with E-state index in [9.17, 15) is 10.1 Å². The van der Waals surface area contributed by atoms with Gasteiger partial charge in [-0.25, -0.2) is 0 Å². The summed E-state index contributed by atoms with van der Waals surface area (Å²) in [5, 5.41) is 15.3. The van der Waals surface area contributed by atoms with E-state index in [1.54, 1.807) is 18.2 Å². The van der Waals surface area contributed by atoms with Crippen molar-refractivity contribution in [2.45, 2.75) is 0 Å². The number of halogens is 1. The predicted molar refractivity (Wildman–Crippen MR) is 92.7 cm³/mol. The van der Waals surface area contributed by atoms with Crippen LogP contribution in [-0.4, -0.2) is 47.7 Å². The fourth-order valence-corrected chi connectivity index (χ4v) is 2.76. The van der Waals surface area contributed by atoms with E-state index < -0.39 is 4.92 Å². The third kappa shape index (κ3) is 3.86. The van der Waals surface area contributed by atoms with Crippen molar-refractivity contribution < 1.29 is 4.92 Å². The molecule has 2 rings (SSSR count). The lowest BCUT2D eigenvalue weighted by molar-refractivity contribution is -0.384. The Morgan fingerprint density at radius 3 is 2.73 bits per heavy atom. The second-order valence-corrected chi connectivity index (χ2v) is 5.66. The quantitative estimate of drug-likeness (QED) is 0.393. The number of benzene rings is 1. The molecule has 1 N–H and O–H groups in total. The van der Waals surface area contributed by atoms with Crippen molar-refractivity contribution in [3.05, 3.63) is 46.0 Å². The third-order valence-electron chi connectivity index (χ3n) is 3.44. The molecule has 0 amide bonds. The molecule has 0 radical (unpaired) electrons. The molecule has 118 valence electrons. The van der Waals surface area contributed by atoms with Crippen molar-refractivity contribution in [1.29, 1.82) is 0 Å². The molecule has 0 saturated carbocycles. The molecule has 1 heterocycles. The number of rotatable bonds is 4. The minimum atomic E-state index is -0.399. The number of hydrogen-bond donors (Lipinski definition) is 1. The number of piperazine rings is 1. The Morgan fingerprint density at radius 1 is 1.45 bits per heavy atom. The van der Waals surface area contributed by atoms with E-state index in [4.69, 9.17) is 23.8 Å². The van der Waals surface area contributed by atoms with E-state index in [1.165, 1.54) is 6.07 Å². The number of hydrogen-bond acceptors (Lipinski definition) is 4. The smallest absolute Gasteiger partial charge is 0.294 e. The van der Waals surface area contributed by atoms with Crippen LogP contribution in [0.15, 0.2) is 30.9 Å². The first-order valence-electron chi connectivity index (χ1n) is 6.85. The monoisotopic (exact) mass is 340 g/mol. The highest BCUT2D eigenvalue weighted by atomic mass is 35.5. The van der Waals surface area contributed by atoms with Gasteiger partial charge in [-0.3, -0.25) is 10.1 Å². The second kappa shape index (κ2) is 7.42. The molecule has 8 heteroatoms. The second-order valence-electron chi connectivity index (χ2n) is 4.84. The van der Waals surface area contributed by atoms with Gasteiger partial charge in [-0.15, -0.1) is 6.58 Å². The molecule has 0 spiro atoms. The van der Waals surface area contributed by atoms with Crippen molar-refractivity contribution in [1.82, 2.24) is 10.2 Å². The van der Waals surface area contributed by atoms with Crippen LogP contribution in [0.5, 0.6) is 0 Å². The summed E-state index contributed by atoms with van der Waals surface area (Å²) in [6.45, 7) is 7.02. The van der Waals surface area contributed by atoms with Crippen LogP contribution in [0.1, 0.15) is 0 Å². The summed E-state index contributed by atoms with van der Waals surface area (Å²) in [6, 6.07) is 4.76. The summed E-state index contributed by atoms with van der Waals surface area (Å²) in [5.74, 6) is 0. The van der Waals surface area contributed by atoms with E-state index in [2.05, 4.69) is 16.8 Å². The van der Waals surface area contributed by atoms with Crippen LogP contribution in [-0.2, 0) is 0 Å². The van der Waals surface area contributed by atoms with Gasteiger partial charge in [0.1, 0.15) is 5.69 Å². The van der Waals surface area contributed by atoms with Gasteiger partial charge in [-0.1, -0.05) is 17.7 Å². The Morgan fingerprint density at radius 2 is 2.14 bits per heavy atom. The van der Waals surface area contributed by atoms with E-state index in [1.807, 2.05) is 4.90 Å². The Kier molecular flexibility index (Phi) is 5.57. The summed E-state index contributed by atoms with van der Waals surface area (Å²) in [4.78, 5) is 14.8. The van der Waals surface area contributed by atoms with Crippen LogP contribution in [0.25, 0.3) is 0 Å². The lowest BCUT2D eigenvalue weighted by Gasteiger charge is -2.37. The molecule has 22 heavy (non-hydrogen) atoms. The van der Waals surface area contributed by atoms with Gasteiger partial charge < -0.3 is 15.1 Å². The lowest BCUT2D eigenvalue weighted by Crippen LogP contribution is -2.51. The van der Waals surface area contributed by atoms with Crippen molar-refractivity contribution in [2.24, 2.45) is 0 Å². The van der Waals surface area contributed by atoms with E-state index >= 15 is 0 Å². The Labute approximate surface area is 139 Å². The van der Waals surface area contributed by atoms with Crippen LogP contribution in [0.3, 0.4) is 0 Å². The third-order valence-corrected chi connectivity index (χ3v) is 4.08. The fraction of sp³-hybridized carbons (Fsp3) is 0.357. The summed E-state index contributed by atoms with van der Waals surface area (Å²) in [5.41, 5.74) is 0.632. The van der Waals surface area contributed by atoms with Gasteiger partial charge in [-0.05, 0) is 24.4 Å². The molecule has 6 nitrogen and oxygen atoms in total. The molecule has 1 aliphatic heterocycles. The maximum atomic E-state index is 11.2. The first kappa shape index (κ1) is 16.5. The normalized spacial score (nSPS) is 14.6. The standard InChI is InChI=1S/C14H17ClN4O2S/c1-2-5-16-14(22)18-8-6-17(7-9-18)12-4-3-11(15)10-13(12)19(20)21/h2-4,10H,1,5-9H2,(H,16,22). The molecular weight excluding hydrogens is 324 g/mol. The average Bonchev–Trinajstić information content (AvgIpc) is 2.52. The van der Waals surface area contributed by atoms with Crippen LogP contribution >= 0.6 is 23.8 Å². The summed E-state index contributed by atoms with van der Waals surface area (Å²) >= 11 is 11.2. The molecule has 0 bridgehead atoms. The predicted octanol–water partition coefficient (Wildman–Crippen LogP) is 2.43. The van der Waals surface area contributed by atoms with E-state index in [0.29, 0.717) is 48.5 Å². The Balaban J connectivity index is 2.04. The van der Waals surface area contributed by atoms with Crippen LogP contribution in [0.2, 0.25) is 5.02 Å². The largest absolute Gasteiger partial charge is 0.362 e. The number of nitro groups is 1. The highest BCUT2D eigenvalue weighted by Gasteiger charge is 2.24. The minimum absolute atomic E-state index is 0.0355. The SMILES string of the molecule is C=CCNC(=S)N1CCN(c2ccc(Cl)cc2[N+](=O)[O-])CC1. The van der Waals surface area contributed by atoms with Crippen LogP contribution in [0, 0.1) is 10.1 Å². The number of nitro benzene ring substituents is 1. The zero-order chi connectivity index (χ0) is 16.1. The molecule has 0 atom stereocenters. The first-order valence-corrected chi connectivity index (χ1v) is 7.64. The maximum Gasteiger partial charge on any atom is 0.294 e. The van der Waals surface area contributed by atoms with Crippen LogP contribution in [0.4, 0.5) is 11.4 Å². The summed E-state index contributed by atoms with van der Waals surface area (Å²) in [6.07, 6.45) is 1.75. The number of anilines is 1. The molecular formula is C14H17ClN4O2S. The van der Waals surface area contributed by atoms with Gasteiger partial charge in [0.15, 0.2) is 5.11 Å². The Bertz CT molecular complexity index is 588. The topological polar surface area (TPSA) is 61.6 Å². The molecule has 1 fully saturated rings. The molecule has 1 aromatic carbocycles. The summed E-state index contributed by atoms with van der Waals surface area (Å²) < 4.78 is 0. The highest BCUT2D eigenvalue weighted by Crippen LogP contribution is 2.31. The van der Waals surface area contributed by atoms with Gasteiger partial charge in [0, 0.05) is 43.8 Å². The first-order chi connectivity index (χ1) is 10.5. The number of nitrogens with one attached hydrogen (secondary N) is 1. The molecule has 1 saturated heterocycles.